The van der Waals surface area contributed by atoms with Gasteiger partial charge in [0, 0.05) is 20.2 Å². The molecule has 0 nitrogen and oxygen atoms in total. The molecule has 5 aromatic carbocycles. The summed E-state index contributed by atoms with van der Waals surface area (Å²) in [5.74, 6) is 0. The molecular weight excluding hydrogens is 376 g/mol. The molecule has 0 aliphatic heterocycles. The standard InChI is InChI=1S/C26H14S2/c1-2-6-16-10-20-14-24-22(12-19(20)9-15(16)5-1)26-25(28-24)21-11-17-7-3-4-8-18(17)13-23(21)27-26/h1-14H. The first kappa shape index (κ1) is 15.0. The fourth-order valence-corrected chi connectivity index (χ4v) is 7.08. The molecule has 0 aliphatic carbocycles. The van der Waals surface area contributed by atoms with Gasteiger partial charge >= 0.3 is 0 Å². The molecular formula is C26H14S2. The van der Waals surface area contributed by atoms with Crippen molar-refractivity contribution in [3.63, 3.8) is 0 Å². The highest BCUT2D eigenvalue weighted by Gasteiger charge is 2.14. The maximum absolute atomic E-state index is 2.39. The van der Waals surface area contributed by atoms with E-state index in [1.54, 1.807) is 0 Å². The van der Waals surface area contributed by atoms with Crippen molar-refractivity contribution in [2.45, 2.75) is 0 Å². The van der Waals surface area contributed by atoms with Crippen molar-refractivity contribution in [2.24, 2.45) is 0 Å². The van der Waals surface area contributed by atoms with Gasteiger partial charge in [0.2, 0.25) is 0 Å². The molecule has 0 radical (unpaired) electrons. The molecule has 0 amide bonds. The smallest absolute Gasteiger partial charge is 0.0542 e. The third-order valence-corrected chi connectivity index (χ3v) is 8.27. The number of benzene rings is 5. The second kappa shape index (κ2) is 5.32. The van der Waals surface area contributed by atoms with Gasteiger partial charge in [-0.05, 0) is 68.7 Å². The second-order valence-electron chi connectivity index (χ2n) is 7.45. The van der Waals surface area contributed by atoms with Crippen LogP contribution in [0.5, 0.6) is 0 Å². The van der Waals surface area contributed by atoms with Crippen molar-refractivity contribution in [1.82, 2.24) is 0 Å². The molecule has 0 N–H and O–H groups in total. The van der Waals surface area contributed by atoms with Crippen LogP contribution in [0.25, 0.3) is 61.9 Å². The maximum atomic E-state index is 2.39. The fourth-order valence-electron chi connectivity index (χ4n) is 4.38. The van der Waals surface area contributed by atoms with Gasteiger partial charge in [-0.15, -0.1) is 22.7 Å². The first-order chi connectivity index (χ1) is 13.8. The Labute approximate surface area is 169 Å². The predicted octanol–water partition coefficient (Wildman–Crippen LogP) is 8.73. The van der Waals surface area contributed by atoms with Crippen LogP contribution < -0.4 is 0 Å². The zero-order valence-corrected chi connectivity index (χ0v) is 16.5. The van der Waals surface area contributed by atoms with Gasteiger partial charge in [-0.2, -0.15) is 0 Å². The van der Waals surface area contributed by atoms with E-state index in [-0.39, 0.29) is 0 Å². The van der Waals surface area contributed by atoms with Crippen molar-refractivity contribution in [2.75, 3.05) is 0 Å². The van der Waals surface area contributed by atoms with Crippen LogP contribution >= 0.6 is 22.7 Å². The van der Waals surface area contributed by atoms with E-state index < -0.39 is 0 Å². The molecule has 0 aliphatic rings. The Hall–Kier alpha value is -2.94. The SMILES string of the molecule is c1ccc2cc3cc4c(cc3cc2c1)sc1c2cc3ccccc3cc2sc41. The molecule has 7 rings (SSSR count). The van der Waals surface area contributed by atoms with E-state index in [9.17, 15) is 0 Å². The van der Waals surface area contributed by atoms with Crippen LogP contribution in [0, 0.1) is 0 Å². The Morgan fingerprint density at radius 1 is 0.393 bits per heavy atom. The molecule has 2 heterocycles. The van der Waals surface area contributed by atoms with Gasteiger partial charge in [0.25, 0.3) is 0 Å². The number of hydrogen-bond acceptors (Lipinski definition) is 2. The maximum Gasteiger partial charge on any atom is 0.0542 e. The summed E-state index contributed by atoms with van der Waals surface area (Å²) in [5, 5.41) is 10.7. The van der Waals surface area contributed by atoms with Crippen LogP contribution in [-0.2, 0) is 0 Å². The zero-order chi connectivity index (χ0) is 18.2. The van der Waals surface area contributed by atoms with Gasteiger partial charge in [0.15, 0.2) is 0 Å². The monoisotopic (exact) mass is 390 g/mol. The lowest BCUT2D eigenvalue weighted by Crippen LogP contribution is -1.76. The van der Waals surface area contributed by atoms with E-state index in [1.165, 1.54) is 61.9 Å². The van der Waals surface area contributed by atoms with E-state index in [2.05, 4.69) is 84.9 Å². The average Bonchev–Trinajstić information content (AvgIpc) is 3.24. The summed E-state index contributed by atoms with van der Waals surface area (Å²) in [6.07, 6.45) is 0. The van der Waals surface area contributed by atoms with Crippen LogP contribution in [0.15, 0.2) is 84.9 Å². The van der Waals surface area contributed by atoms with E-state index >= 15 is 0 Å². The molecule has 130 valence electrons. The molecule has 7 aromatic rings. The first-order valence-electron chi connectivity index (χ1n) is 9.44. The van der Waals surface area contributed by atoms with E-state index in [1.807, 2.05) is 22.7 Å². The van der Waals surface area contributed by atoms with Crippen molar-refractivity contribution >= 4 is 84.6 Å². The van der Waals surface area contributed by atoms with Crippen LogP contribution in [0.3, 0.4) is 0 Å². The normalized spacial score (nSPS) is 12.3. The topological polar surface area (TPSA) is 0 Å². The third kappa shape index (κ3) is 1.99. The minimum absolute atomic E-state index is 1.31. The van der Waals surface area contributed by atoms with Gasteiger partial charge in [-0.1, -0.05) is 48.5 Å². The fraction of sp³-hybridized carbons (Fsp3) is 0. The third-order valence-electron chi connectivity index (χ3n) is 5.77. The highest BCUT2D eigenvalue weighted by molar-refractivity contribution is 7.36. The molecule has 0 spiro atoms. The van der Waals surface area contributed by atoms with Gasteiger partial charge in [0.1, 0.15) is 0 Å². The van der Waals surface area contributed by atoms with Gasteiger partial charge in [-0.25, -0.2) is 0 Å². The van der Waals surface area contributed by atoms with Crippen molar-refractivity contribution in [3.8, 4) is 0 Å². The molecule has 0 fully saturated rings. The minimum Gasteiger partial charge on any atom is -0.134 e. The molecule has 0 unspecified atom stereocenters. The number of fused-ring (bicyclic) bond motifs is 8. The quantitative estimate of drug-likeness (QED) is 0.227. The molecule has 0 bridgehead atoms. The van der Waals surface area contributed by atoms with Crippen molar-refractivity contribution in [1.29, 1.82) is 0 Å². The first-order valence-corrected chi connectivity index (χ1v) is 11.1. The molecule has 0 saturated heterocycles. The summed E-state index contributed by atoms with van der Waals surface area (Å²) in [5.41, 5.74) is 0. The van der Waals surface area contributed by atoms with E-state index in [4.69, 9.17) is 0 Å². The Morgan fingerprint density at radius 2 is 0.786 bits per heavy atom. The lowest BCUT2D eigenvalue weighted by atomic mass is 10.0. The lowest BCUT2D eigenvalue weighted by Gasteiger charge is -2.03. The molecule has 0 saturated carbocycles. The number of rotatable bonds is 0. The van der Waals surface area contributed by atoms with E-state index in [0.717, 1.165) is 0 Å². The second-order valence-corrected chi connectivity index (χ2v) is 9.56. The predicted molar refractivity (Wildman–Crippen MR) is 127 cm³/mol. The minimum atomic E-state index is 1.31. The summed E-state index contributed by atoms with van der Waals surface area (Å²) >= 11 is 3.87. The van der Waals surface area contributed by atoms with Gasteiger partial charge in [0.05, 0.1) is 9.40 Å². The highest BCUT2D eigenvalue weighted by atomic mass is 32.1. The summed E-state index contributed by atoms with van der Waals surface area (Å²) in [4.78, 5) is 0. The summed E-state index contributed by atoms with van der Waals surface area (Å²) in [7, 11) is 0. The summed E-state index contributed by atoms with van der Waals surface area (Å²) in [6.45, 7) is 0. The molecule has 2 heteroatoms. The average molecular weight is 391 g/mol. The van der Waals surface area contributed by atoms with Crippen LogP contribution in [0.1, 0.15) is 0 Å². The summed E-state index contributed by atoms with van der Waals surface area (Å²) < 4.78 is 5.64. The van der Waals surface area contributed by atoms with E-state index in [0.29, 0.717) is 0 Å². The summed E-state index contributed by atoms with van der Waals surface area (Å²) in [6, 6.07) is 31.4. The number of thiophene rings is 2. The lowest BCUT2D eigenvalue weighted by molar-refractivity contribution is 1.80. The highest BCUT2D eigenvalue weighted by Crippen LogP contribution is 2.46. The van der Waals surface area contributed by atoms with Gasteiger partial charge < -0.3 is 0 Å². The van der Waals surface area contributed by atoms with Crippen LogP contribution in [0.2, 0.25) is 0 Å². The van der Waals surface area contributed by atoms with Crippen molar-refractivity contribution in [3.05, 3.63) is 84.9 Å². The Bertz CT molecular complexity index is 1690. The van der Waals surface area contributed by atoms with Crippen LogP contribution in [-0.4, -0.2) is 0 Å². The molecule has 0 atom stereocenters. The van der Waals surface area contributed by atoms with Crippen molar-refractivity contribution < 1.29 is 0 Å². The Balaban J connectivity index is 1.62. The number of hydrogen-bond donors (Lipinski definition) is 0. The zero-order valence-electron chi connectivity index (χ0n) is 14.9. The molecule has 2 aromatic heterocycles. The van der Waals surface area contributed by atoms with Crippen LogP contribution in [0.4, 0.5) is 0 Å². The largest absolute Gasteiger partial charge is 0.134 e. The Morgan fingerprint density at radius 3 is 1.36 bits per heavy atom. The Kier molecular flexibility index (Phi) is 2.85. The van der Waals surface area contributed by atoms with Gasteiger partial charge in [-0.3, -0.25) is 0 Å². The molecule has 28 heavy (non-hydrogen) atoms.